The molecule has 0 aromatic carbocycles. The number of amides is 2. The standard InChI is InChI=1S/C20H32N4O3/c1-14-11-24(12-15(2)27-14)19(25)13-23-10-6-5-7-17(23)16-8-9-18(22(16)4)20(26)21-3/h8-9,14-15,17H,5-7,10-13H2,1-4H3,(H,21,26)/t14-,15+,17-/m0/s1. The number of hydrogen-bond acceptors (Lipinski definition) is 4. The number of carbonyl (C=O) groups is 2. The molecule has 27 heavy (non-hydrogen) atoms. The molecule has 3 heterocycles. The summed E-state index contributed by atoms with van der Waals surface area (Å²) in [6, 6.07) is 4.06. The maximum absolute atomic E-state index is 12.9. The Hall–Kier alpha value is -1.86. The van der Waals surface area contributed by atoms with Gasteiger partial charge in [0.15, 0.2) is 0 Å². The van der Waals surface area contributed by atoms with Crippen molar-refractivity contribution in [3.05, 3.63) is 23.5 Å². The normalized spacial score (nSPS) is 26.8. The van der Waals surface area contributed by atoms with Gasteiger partial charge in [0.25, 0.3) is 5.91 Å². The molecule has 3 rings (SSSR count). The van der Waals surface area contributed by atoms with E-state index >= 15 is 0 Å². The fraction of sp³-hybridized carbons (Fsp3) is 0.700. The van der Waals surface area contributed by atoms with E-state index in [-0.39, 0.29) is 30.1 Å². The molecule has 2 fully saturated rings. The van der Waals surface area contributed by atoms with E-state index in [9.17, 15) is 9.59 Å². The molecule has 2 saturated heterocycles. The highest BCUT2D eigenvalue weighted by atomic mass is 16.5. The van der Waals surface area contributed by atoms with Gasteiger partial charge in [-0.1, -0.05) is 6.42 Å². The van der Waals surface area contributed by atoms with Gasteiger partial charge < -0.3 is 19.5 Å². The van der Waals surface area contributed by atoms with Gasteiger partial charge in [0.1, 0.15) is 5.69 Å². The van der Waals surface area contributed by atoms with E-state index in [0.29, 0.717) is 25.3 Å². The largest absolute Gasteiger partial charge is 0.372 e. The molecule has 0 aliphatic carbocycles. The number of nitrogens with one attached hydrogen (secondary N) is 1. The van der Waals surface area contributed by atoms with Crippen molar-refractivity contribution < 1.29 is 14.3 Å². The molecular weight excluding hydrogens is 344 g/mol. The molecule has 150 valence electrons. The third kappa shape index (κ3) is 4.35. The third-order valence-corrected chi connectivity index (χ3v) is 5.69. The fourth-order valence-corrected chi connectivity index (χ4v) is 4.39. The maximum atomic E-state index is 12.9. The second kappa shape index (κ2) is 8.44. The molecule has 0 radical (unpaired) electrons. The Morgan fingerprint density at radius 2 is 1.89 bits per heavy atom. The van der Waals surface area contributed by atoms with Crippen LogP contribution in [0.3, 0.4) is 0 Å². The average molecular weight is 377 g/mol. The number of carbonyl (C=O) groups excluding carboxylic acids is 2. The number of likely N-dealkylation sites (tertiary alicyclic amines) is 1. The minimum absolute atomic E-state index is 0.0813. The van der Waals surface area contributed by atoms with Gasteiger partial charge in [-0.05, 0) is 45.4 Å². The summed E-state index contributed by atoms with van der Waals surface area (Å²) in [7, 11) is 3.57. The van der Waals surface area contributed by atoms with E-state index in [1.54, 1.807) is 7.05 Å². The van der Waals surface area contributed by atoms with Crippen molar-refractivity contribution in [1.82, 2.24) is 19.7 Å². The molecule has 1 aromatic heterocycles. The molecule has 0 unspecified atom stereocenters. The third-order valence-electron chi connectivity index (χ3n) is 5.69. The highest BCUT2D eigenvalue weighted by molar-refractivity contribution is 5.92. The van der Waals surface area contributed by atoms with Crippen LogP contribution in [0.1, 0.15) is 55.3 Å². The molecule has 0 bridgehead atoms. The van der Waals surface area contributed by atoms with Crippen LogP contribution in [0.15, 0.2) is 12.1 Å². The lowest BCUT2D eigenvalue weighted by Crippen LogP contribution is -2.51. The van der Waals surface area contributed by atoms with Crippen molar-refractivity contribution in [2.75, 3.05) is 33.2 Å². The topological polar surface area (TPSA) is 66.8 Å². The van der Waals surface area contributed by atoms with Crippen LogP contribution in [0.4, 0.5) is 0 Å². The smallest absolute Gasteiger partial charge is 0.267 e. The van der Waals surface area contributed by atoms with Crippen molar-refractivity contribution in [1.29, 1.82) is 0 Å². The number of morpholine rings is 1. The number of hydrogen-bond donors (Lipinski definition) is 1. The summed E-state index contributed by atoms with van der Waals surface area (Å²) in [6.07, 6.45) is 3.41. The van der Waals surface area contributed by atoms with Gasteiger partial charge in [-0.2, -0.15) is 0 Å². The van der Waals surface area contributed by atoms with Crippen LogP contribution in [0.5, 0.6) is 0 Å². The Morgan fingerprint density at radius 3 is 2.56 bits per heavy atom. The SMILES string of the molecule is CNC(=O)c1ccc([C@@H]2CCCCN2CC(=O)N2C[C@@H](C)O[C@@H](C)C2)n1C. The van der Waals surface area contributed by atoms with Crippen molar-refractivity contribution in [2.24, 2.45) is 7.05 Å². The Morgan fingerprint density at radius 1 is 1.19 bits per heavy atom. The first-order chi connectivity index (χ1) is 12.9. The van der Waals surface area contributed by atoms with Gasteiger partial charge in [-0.25, -0.2) is 0 Å². The van der Waals surface area contributed by atoms with E-state index < -0.39 is 0 Å². The number of ether oxygens (including phenoxy) is 1. The molecule has 1 N–H and O–H groups in total. The minimum atomic E-state index is -0.0847. The number of aromatic nitrogens is 1. The summed E-state index contributed by atoms with van der Waals surface area (Å²) in [5.74, 6) is 0.0862. The van der Waals surface area contributed by atoms with Crippen LogP contribution in [0.25, 0.3) is 0 Å². The summed E-state index contributed by atoms with van der Waals surface area (Å²) in [6.45, 7) is 6.68. The lowest BCUT2D eigenvalue weighted by Gasteiger charge is -2.39. The quantitative estimate of drug-likeness (QED) is 0.866. The van der Waals surface area contributed by atoms with Gasteiger partial charge in [-0.3, -0.25) is 14.5 Å². The number of piperidine rings is 1. The highest BCUT2D eigenvalue weighted by Gasteiger charge is 2.32. The van der Waals surface area contributed by atoms with Crippen LogP contribution in [-0.4, -0.2) is 71.6 Å². The molecule has 7 nitrogen and oxygen atoms in total. The maximum Gasteiger partial charge on any atom is 0.267 e. The second-order valence-corrected chi connectivity index (χ2v) is 7.82. The molecule has 7 heteroatoms. The highest BCUT2D eigenvalue weighted by Crippen LogP contribution is 2.31. The summed E-state index contributed by atoms with van der Waals surface area (Å²) in [5, 5.41) is 2.69. The minimum Gasteiger partial charge on any atom is -0.372 e. The first-order valence-electron chi connectivity index (χ1n) is 9.95. The molecule has 2 amide bonds. The first kappa shape index (κ1) is 19.9. The fourth-order valence-electron chi connectivity index (χ4n) is 4.39. The monoisotopic (exact) mass is 376 g/mol. The number of rotatable bonds is 4. The predicted molar refractivity (Wildman–Crippen MR) is 104 cm³/mol. The Kier molecular flexibility index (Phi) is 6.22. The van der Waals surface area contributed by atoms with E-state index in [0.717, 1.165) is 31.5 Å². The van der Waals surface area contributed by atoms with E-state index in [1.165, 1.54) is 0 Å². The van der Waals surface area contributed by atoms with E-state index in [1.807, 2.05) is 42.5 Å². The van der Waals surface area contributed by atoms with E-state index in [4.69, 9.17) is 4.74 Å². The molecule has 2 aliphatic heterocycles. The molecule has 3 atom stereocenters. The first-order valence-corrected chi connectivity index (χ1v) is 9.95. The molecule has 2 aliphatic rings. The van der Waals surface area contributed by atoms with Gasteiger partial charge in [0.05, 0.1) is 24.8 Å². The van der Waals surface area contributed by atoms with Crippen LogP contribution in [-0.2, 0) is 16.6 Å². The zero-order chi connectivity index (χ0) is 19.6. The molecule has 1 aromatic rings. The van der Waals surface area contributed by atoms with Crippen LogP contribution >= 0.6 is 0 Å². The van der Waals surface area contributed by atoms with Crippen LogP contribution in [0.2, 0.25) is 0 Å². The second-order valence-electron chi connectivity index (χ2n) is 7.82. The zero-order valence-electron chi connectivity index (χ0n) is 16.9. The Bertz CT molecular complexity index is 677. The lowest BCUT2D eigenvalue weighted by molar-refractivity contribution is -0.145. The number of nitrogens with zero attached hydrogens (tertiary/aromatic N) is 3. The summed E-state index contributed by atoms with van der Waals surface area (Å²) >= 11 is 0. The summed E-state index contributed by atoms with van der Waals surface area (Å²) in [5.41, 5.74) is 1.75. The van der Waals surface area contributed by atoms with Gasteiger partial charge in [0.2, 0.25) is 5.91 Å². The van der Waals surface area contributed by atoms with Gasteiger partial charge in [-0.15, -0.1) is 0 Å². The zero-order valence-corrected chi connectivity index (χ0v) is 16.9. The van der Waals surface area contributed by atoms with Gasteiger partial charge >= 0.3 is 0 Å². The summed E-state index contributed by atoms with van der Waals surface area (Å²) in [4.78, 5) is 29.2. The van der Waals surface area contributed by atoms with Crippen LogP contribution < -0.4 is 5.32 Å². The molecule has 0 saturated carbocycles. The van der Waals surface area contributed by atoms with Gasteiger partial charge in [0, 0.05) is 32.9 Å². The molecular formula is C20H32N4O3. The van der Waals surface area contributed by atoms with E-state index in [2.05, 4.69) is 10.2 Å². The predicted octanol–water partition coefficient (Wildman–Crippen LogP) is 1.55. The van der Waals surface area contributed by atoms with Crippen molar-refractivity contribution >= 4 is 11.8 Å². The lowest BCUT2D eigenvalue weighted by atomic mass is 9.99. The van der Waals surface area contributed by atoms with Crippen LogP contribution in [0, 0.1) is 0 Å². The Balaban J connectivity index is 1.73. The average Bonchev–Trinajstić information content (AvgIpc) is 3.02. The van der Waals surface area contributed by atoms with Crippen molar-refractivity contribution in [3.63, 3.8) is 0 Å². The summed E-state index contributed by atoms with van der Waals surface area (Å²) < 4.78 is 7.71. The van der Waals surface area contributed by atoms with Crippen molar-refractivity contribution in [3.8, 4) is 0 Å². The Labute approximate surface area is 161 Å². The van der Waals surface area contributed by atoms with Crippen molar-refractivity contribution in [2.45, 2.75) is 51.4 Å². The molecule has 0 spiro atoms.